The average molecular weight is 1690 g/mol. The number of hydrogen-bond acceptors (Lipinski definition) is 22. The predicted octanol–water partition coefficient (Wildman–Crippen LogP) is 15.0. The van der Waals surface area contributed by atoms with Crippen LogP contribution in [0.25, 0.3) is 0 Å². The number of carbonyl (C=O) groups is 1. The van der Waals surface area contributed by atoms with Gasteiger partial charge in [-0.2, -0.15) is 0 Å². The highest BCUT2D eigenvalue weighted by Gasteiger charge is 2.18. The summed E-state index contributed by atoms with van der Waals surface area (Å²) in [5.74, 6) is 0.299. The van der Waals surface area contributed by atoms with E-state index in [1.54, 1.807) is 32.8 Å². The molecule has 716 valence electrons. The van der Waals surface area contributed by atoms with Gasteiger partial charge >= 0.3 is 0 Å². The molecule has 1 saturated carbocycles. The summed E-state index contributed by atoms with van der Waals surface area (Å²) in [6, 6.07) is 6.39. The van der Waals surface area contributed by atoms with E-state index in [1.165, 1.54) is 245 Å². The molecule has 118 heavy (non-hydrogen) atoms. The van der Waals surface area contributed by atoms with Gasteiger partial charge in [0.25, 0.3) is 0 Å². The minimum absolute atomic E-state index is 0.299. The number of hydrogen-bond donors (Lipinski definition) is 14. The molecule has 1 aliphatic carbocycles. The van der Waals surface area contributed by atoms with Gasteiger partial charge in [0.1, 0.15) is 0 Å². The van der Waals surface area contributed by atoms with Crippen molar-refractivity contribution in [2.24, 2.45) is 63.1 Å². The van der Waals surface area contributed by atoms with E-state index in [-0.39, 0.29) is 6.10 Å². The fraction of sp³-hybridized carbons (Fsp3) is 0.904. The molecule has 24 heteroatoms. The Morgan fingerprint density at radius 2 is 0.966 bits per heavy atom. The number of imidazole rings is 1. The van der Waals surface area contributed by atoms with Crippen molar-refractivity contribution in [3.05, 3.63) is 48.8 Å². The number of pyridine rings is 1. The second-order valence-corrected chi connectivity index (χ2v) is 30.9. The van der Waals surface area contributed by atoms with Crippen molar-refractivity contribution in [3.8, 4) is 0 Å². The predicted molar refractivity (Wildman–Crippen MR) is 525 cm³/mol. The molecule has 0 spiro atoms. The van der Waals surface area contributed by atoms with E-state index in [0.29, 0.717) is 44.2 Å². The number of aliphatic hydroxyl groups excluding tert-OH is 1. The molecule has 0 bridgehead atoms. The number of methoxy groups -OCH3 is 1. The number of nitrogens with one attached hydrogen (secondary N) is 2. The maximum Gasteiger partial charge on any atom is 0.222 e. The van der Waals surface area contributed by atoms with Crippen molar-refractivity contribution in [2.75, 3.05) is 186 Å². The molecule has 2 aromatic heterocycles. The van der Waals surface area contributed by atoms with Gasteiger partial charge in [-0.1, -0.05) is 217 Å². The largest absolute Gasteiger partial charge is 0.392 e. The van der Waals surface area contributed by atoms with Crippen molar-refractivity contribution in [1.29, 1.82) is 0 Å². The molecule has 4 heterocycles. The van der Waals surface area contributed by atoms with E-state index in [4.69, 9.17) is 77.7 Å². The molecule has 24 nitrogen and oxygen atoms in total. The van der Waals surface area contributed by atoms with Crippen LogP contribution in [0.3, 0.4) is 0 Å². The number of nitrogens with two attached hydrogens (primary N) is 11. The number of unbranched alkanes of at least 4 members (excludes halogenated alkanes) is 18. The first-order valence-electron chi connectivity index (χ1n) is 48.3. The van der Waals surface area contributed by atoms with Gasteiger partial charge in [0, 0.05) is 96.2 Å². The van der Waals surface area contributed by atoms with Crippen molar-refractivity contribution < 1.29 is 19.4 Å². The van der Waals surface area contributed by atoms with Crippen LogP contribution in [0.5, 0.6) is 0 Å². The molecule has 2 aromatic rings. The Morgan fingerprint density at radius 1 is 0.508 bits per heavy atom. The van der Waals surface area contributed by atoms with Crippen LogP contribution in [0.1, 0.15) is 345 Å². The SMILES string of the molecule is CC(O)CN.CCCCCCC.CCCCCCCCNC.CCCCCN.CCCCCN(C)CCCCC.CCCCN(CCCC)CCCN.CCCCNC.CCCN.CN(C)CCCN.COCCCN.NC1CCCCC1.NCC1CCCO1.NCCCN1CCCC1=O.NCCCn1ccnc1.NCCc1ccccn1. The lowest BCUT2D eigenvalue weighted by atomic mass is 9.97. The number of aromatic nitrogens is 3. The summed E-state index contributed by atoms with van der Waals surface area (Å²) in [7, 11) is 12.0. The topological polar surface area (TPSA) is 410 Å². The van der Waals surface area contributed by atoms with Crippen molar-refractivity contribution in [1.82, 2.24) is 44.8 Å². The molecule has 3 aliphatic rings. The molecule has 0 aromatic carbocycles. The molecule has 2 aliphatic heterocycles. The number of ether oxygens (including phenoxy) is 2. The quantitative estimate of drug-likeness (QED) is 0.0274. The maximum absolute atomic E-state index is 11.0. The Morgan fingerprint density at radius 3 is 1.30 bits per heavy atom. The van der Waals surface area contributed by atoms with E-state index < -0.39 is 0 Å². The number of rotatable bonds is 51. The third-order valence-electron chi connectivity index (χ3n) is 18.2. The lowest BCUT2D eigenvalue weighted by molar-refractivity contribution is -0.127. The van der Waals surface area contributed by atoms with E-state index in [0.717, 1.165) is 155 Å². The zero-order valence-electron chi connectivity index (χ0n) is 81.9. The summed E-state index contributed by atoms with van der Waals surface area (Å²) in [4.78, 5) is 28.0. The van der Waals surface area contributed by atoms with E-state index >= 15 is 0 Å². The first kappa shape index (κ1) is 136. The molecule has 3 fully saturated rings. The second-order valence-electron chi connectivity index (χ2n) is 30.9. The Balaban J connectivity index is -0.000000134. The van der Waals surface area contributed by atoms with Crippen molar-refractivity contribution >= 4 is 5.91 Å². The summed E-state index contributed by atoms with van der Waals surface area (Å²) in [6.45, 7) is 45.3. The minimum Gasteiger partial charge on any atom is -0.392 e. The van der Waals surface area contributed by atoms with Crippen LogP contribution in [0.2, 0.25) is 0 Å². The number of carbonyl (C=O) groups excluding carboxylic acids is 1. The van der Waals surface area contributed by atoms with Gasteiger partial charge < -0.3 is 112 Å². The molecule has 2 atom stereocenters. The summed E-state index contributed by atoms with van der Waals surface area (Å²) >= 11 is 0. The smallest absolute Gasteiger partial charge is 0.222 e. The third kappa shape index (κ3) is 145. The Kier molecular flexibility index (Phi) is 152. The van der Waals surface area contributed by atoms with Gasteiger partial charge in [-0.3, -0.25) is 9.78 Å². The monoisotopic (exact) mass is 1690 g/mol. The highest BCUT2D eigenvalue weighted by molar-refractivity contribution is 5.78. The van der Waals surface area contributed by atoms with Crippen LogP contribution in [-0.4, -0.2) is 250 Å². The second kappa shape index (κ2) is 132. The number of nitrogens with zero attached hydrogens (tertiary/aromatic N) is 7. The normalized spacial score (nSPS) is 13.0. The Hall–Kier alpha value is -2.93. The number of amides is 1. The first-order chi connectivity index (χ1) is 57.2. The van der Waals surface area contributed by atoms with Gasteiger partial charge in [0.2, 0.25) is 5.91 Å². The lowest BCUT2D eigenvalue weighted by Gasteiger charge is -2.21. The molecule has 0 radical (unpaired) electrons. The molecule has 1 amide bonds. The number of aliphatic hydroxyl groups is 1. The van der Waals surface area contributed by atoms with E-state index in [2.05, 4.69) is 126 Å². The van der Waals surface area contributed by atoms with Gasteiger partial charge in [-0.25, -0.2) is 4.98 Å². The van der Waals surface area contributed by atoms with Crippen molar-refractivity contribution in [3.63, 3.8) is 0 Å². The van der Waals surface area contributed by atoms with Crippen LogP contribution < -0.4 is 73.7 Å². The van der Waals surface area contributed by atoms with Crippen LogP contribution in [0.4, 0.5) is 0 Å². The van der Waals surface area contributed by atoms with Gasteiger partial charge in [-0.05, 0) is 275 Å². The molecule has 2 unspecified atom stereocenters. The standard InChI is InChI=1S/C11H26N2.C11H25N.C9H21N.C7H14N2O.C7H10N2.C7H16.C6H11N3.C6H13N.C5H14N2.C5H11NO.2C5H13N.C4H11NO.C3H9NO.C3H9N/c1-3-5-9-13(10-6-4-2)11-7-8-12;1-4-6-8-10-12(3)11-9-7-5-2;1-3-4-5-6-7-8-9-10-2;8-4-2-6-9-5-1-3-7(9)10;8-5-4-7-3-1-2-6-9-7;1-3-5-7-6-4-2;7-2-1-4-9-5-3-8-6-9;7-6-4-2-1-3-5-6;1-7(2)5-3-4-6;6-4-5-2-1-3-7-5;1-3-4-5-6-2;1-2-3-4-5-6;1-6-4-2-3-5;1-3(5)2-4;1-2-3-4/h3-12H2,1-2H3;4-11H2,1-3H3;10H,3-9H2,1-2H3;1-6,8H2;1-3,6H,4-5,8H2;3-7H2,1-2H3;3,5-6H,1-2,4,7H2;6H,1-5,7H2;3-6H2,1-2H3;5H,1-4,6H2;6H,3-5H2,1-2H3;2-6H2,1H3;2-5H2,1H3;3,5H,2,4H2,1H3;2-4H2,1H3. The Labute approximate surface area is 735 Å². The molecule has 25 N–H and O–H groups in total. The lowest BCUT2D eigenvalue weighted by Crippen LogP contribution is -2.28. The van der Waals surface area contributed by atoms with Gasteiger partial charge in [0.05, 0.1) is 18.5 Å². The fourth-order valence-corrected chi connectivity index (χ4v) is 10.5. The summed E-state index contributed by atoms with van der Waals surface area (Å²) in [5, 5.41) is 14.5. The van der Waals surface area contributed by atoms with Crippen molar-refractivity contribution in [2.45, 2.75) is 371 Å². The maximum atomic E-state index is 11.0. The van der Waals surface area contributed by atoms with Crippen LogP contribution in [0, 0.1) is 0 Å². The highest BCUT2D eigenvalue weighted by Crippen LogP contribution is 2.15. The van der Waals surface area contributed by atoms with Gasteiger partial charge in [-0.15, -0.1) is 0 Å². The minimum atomic E-state index is -0.338. The number of likely N-dealkylation sites (tertiary alicyclic amines) is 1. The van der Waals surface area contributed by atoms with E-state index in [9.17, 15) is 4.79 Å². The summed E-state index contributed by atoms with van der Waals surface area (Å²) < 4.78 is 11.9. The first-order valence-corrected chi connectivity index (χ1v) is 48.3. The van der Waals surface area contributed by atoms with Crippen LogP contribution >= 0.6 is 0 Å². The highest BCUT2D eigenvalue weighted by atomic mass is 16.5. The van der Waals surface area contributed by atoms with Crippen LogP contribution in [0.15, 0.2) is 43.1 Å². The molecular formula is C94H216N20O4. The summed E-state index contributed by atoms with van der Waals surface area (Å²) in [6.07, 6.45) is 60.5. The number of aryl methyl sites for hydroxylation is 1. The fourth-order valence-electron chi connectivity index (χ4n) is 10.5. The zero-order chi connectivity index (χ0) is 90.9. The van der Waals surface area contributed by atoms with E-state index in [1.807, 2.05) is 48.0 Å². The summed E-state index contributed by atoms with van der Waals surface area (Å²) in [5.41, 5.74) is 59.0. The van der Waals surface area contributed by atoms with Crippen LogP contribution in [-0.2, 0) is 27.2 Å². The van der Waals surface area contributed by atoms with Gasteiger partial charge in [0.15, 0.2) is 0 Å². The molecular weight excluding hydrogens is 1470 g/mol. The Bertz CT molecular complexity index is 1790. The zero-order valence-corrected chi connectivity index (χ0v) is 81.9. The average Bonchev–Trinajstić information content (AvgIpc) is 1.78. The third-order valence-corrected chi connectivity index (χ3v) is 18.2. The molecule has 5 rings (SSSR count). The molecule has 2 saturated heterocycles.